The average molecular weight is 380 g/mol. The van der Waals surface area contributed by atoms with Crippen molar-refractivity contribution < 1.29 is 9.53 Å². The maximum atomic E-state index is 12.6. The van der Waals surface area contributed by atoms with Crippen LogP contribution in [0.1, 0.15) is 43.1 Å². The number of ether oxygens (including phenoxy) is 1. The second-order valence-electron chi connectivity index (χ2n) is 7.03. The lowest BCUT2D eigenvalue weighted by Gasteiger charge is -2.12. The molecule has 3 nitrogen and oxygen atoms in total. The summed E-state index contributed by atoms with van der Waals surface area (Å²) in [6, 6.07) is 12.1. The summed E-state index contributed by atoms with van der Waals surface area (Å²) in [5.74, 6) is 0.825. The monoisotopic (exact) mass is 379 g/mol. The molecule has 0 atom stereocenters. The zero-order valence-electron chi connectivity index (χ0n) is 16.5. The van der Waals surface area contributed by atoms with Crippen LogP contribution < -0.4 is 10.1 Å². The largest absolute Gasteiger partial charge is 0.489 e. The number of hydrogen-bond acceptors (Lipinski definition) is 3. The molecule has 0 aliphatic carbocycles. The minimum absolute atomic E-state index is 0.0776. The van der Waals surface area contributed by atoms with E-state index in [1.165, 1.54) is 22.5 Å². The third-order valence-electron chi connectivity index (χ3n) is 4.76. The number of carbonyl (C=O) groups is 1. The molecule has 0 spiro atoms. The summed E-state index contributed by atoms with van der Waals surface area (Å²) in [5.41, 5.74) is 7.59. The molecule has 27 heavy (non-hydrogen) atoms. The van der Waals surface area contributed by atoms with Gasteiger partial charge in [0.2, 0.25) is 0 Å². The molecule has 1 N–H and O–H groups in total. The predicted molar refractivity (Wildman–Crippen MR) is 113 cm³/mol. The van der Waals surface area contributed by atoms with E-state index in [4.69, 9.17) is 4.74 Å². The van der Waals surface area contributed by atoms with Gasteiger partial charge in [0.25, 0.3) is 5.91 Å². The van der Waals surface area contributed by atoms with Gasteiger partial charge in [-0.15, -0.1) is 11.3 Å². The van der Waals surface area contributed by atoms with Crippen LogP contribution in [0.3, 0.4) is 0 Å². The summed E-state index contributed by atoms with van der Waals surface area (Å²) in [4.78, 5) is 13.3. The van der Waals surface area contributed by atoms with Gasteiger partial charge in [0.15, 0.2) is 0 Å². The standard InChI is InChI=1S/C23H25NO2S/c1-14-9-17(4)18(5)20(10-14)26-12-19-11-21(27-13-19)23(25)24-22-15(2)7-6-8-16(22)3/h6-11,13H,12H2,1-5H3,(H,24,25). The van der Waals surface area contributed by atoms with Crippen LogP contribution in [0.15, 0.2) is 41.8 Å². The molecule has 0 aliphatic rings. The van der Waals surface area contributed by atoms with Crippen LogP contribution in [0.5, 0.6) is 5.75 Å². The second-order valence-corrected chi connectivity index (χ2v) is 7.95. The third kappa shape index (κ3) is 4.40. The fraction of sp³-hybridized carbons (Fsp3) is 0.261. The van der Waals surface area contributed by atoms with E-state index in [9.17, 15) is 4.79 Å². The zero-order valence-corrected chi connectivity index (χ0v) is 17.3. The molecular formula is C23H25NO2S. The van der Waals surface area contributed by atoms with Gasteiger partial charge >= 0.3 is 0 Å². The molecule has 140 valence electrons. The van der Waals surface area contributed by atoms with Crippen molar-refractivity contribution in [3.8, 4) is 5.75 Å². The van der Waals surface area contributed by atoms with E-state index < -0.39 is 0 Å². The van der Waals surface area contributed by atoms with Crippen LogP contribution in [0, 0.1) is 34.6 Å². The number of thiophene rings is 1. The number of aryl methyl sites for hydroxylation is 4. The highest BCUT2D eigenvalue weighted by atomic mass is 32.1. The first-order valence-corrected chi connectivity index (χ1v) is 9.88. The minimum atomic E-state index is -0.0776. The van der Waals surface area contributed by atoms with Gasteiger partial charge in [0, 0.05) is 11.3 Å². The highest BCUT2D eigenvalue weighted by Gasteiger charge is 2.13. The lowest BCUT2D eigenvalue weighted by molar-refractivity contribution is 0.103. The van der Waals surface area contributed by atoms with Crippen molar-refractivity contribution >= 4 is 22.9 Å². The molecule has 1 amide bonds. The molecule has 4 heteroatoms. The van der Waals surface area contributed by atoms with Gasteiger partial charge in [-0.1, -0.05) is 24.3 Å². The van der Waals surface area contributed by atoms with Crippen molar-refractivity contribution in [3.05, 3.63) is 80.0 Å². The normalized spacial score (nSPS) is 10.7. The van der Waals surface area contributed by atoms with Crippen molar-refractivity contribution in [2.75, 3.05) is 5.32 Å². The summed E-state index contributed by atoms with van der Waals surface area (Å²) >= 11 is 1.44. The van der Waals surface area contributed by atoms with Crippen LogP contribution >= 0.6 is 11.3 Å². The molecule has 0 saturated heterocycles. The van der Waals surface area contributed by atoms with Gasteiger partial charge in [-0.2, -0.15) is 0 Å². The topological polar surface area (TPSA) is 38.3 Å². The van der Waals surface area contributed by atoms with E-state index in [0.717, 1.165) is 33.7 Å². The van der Waals surface area contributed by atoms with Gasteiger partial charge in [-0.05, 0) is 79.9 Å². The molecule has 0 radical (unpaired) electrons. The van der Waals surface area contributed by atoms with Crippen molar-refractivity contribution in [1.82, 2.24) is 0 Å². The number of para-hydroxylation sites is 1. The van der Waals surface area contributed by atoms with Gasteiger partial charge in [-0.25, -0.2) is 0 Å². The number of rotatable bonds is 5. The molecular weight excluding hydrogens is 354 g/mol. The summed E-state index contributed by atoms with van der Waals surface area (Å²) in [6.45, 7) is 10.7. The number of amides is 1. The van der Waals surface area contributed by atoms with Gasteiger partial charge < -0.3 is 10.1 Å². The molecule has 0 unspecified atom stereocenters. The molecule has 3 rings (SSSR count). The Morgan fingerprint density at radius 2 is 1.70 bits per heavy atom. The maximum absolute atomic E-state index is 12.6. The van der Waals surface area contributed by atoms with Crippen LogP contribution in [0.2, 0.25) is 0 Å². The van der Waals surface area contributed by atoms with E-state index in [-0.39, 0.29) is 5.91 Å². The summed E-state index contributed by atoms with van der Waals surface area (Å²) < 4.78 is 6.01. The Labute approximate surface area is 165 Å². The number of carbonyl (C=O) groups excluding carboxylic acids is 1. The number of benzene rings is 2. The Kier molecular flexibility index (Phi) is 5.66. The third-order valence-corrected chi connectivity index (χ3v) is 5.73. The van der Waals surface area contributed by atoms with Crippen molar-refractivity contribution in [3.63, 3.8) is 0 Å². The molecule has 3 aromatic rings. The second kappa shape index (κ2) is 7.97. The Morgan fingerprint density at radius 1 is 1.00 bits per heavy atom. The molecule has 0 fully saturated rings. The summed E-state index contributed by atoms with van der Waals surface area (Å²) in [6.07, 6.45) is 0. The quantitative estimate of drug-likeness (QED) is 0.580. The van der Waals surface area contributed by atoms with Crippen LogP contribution in [-0.2, 0) is 6.61 Å². The first-order valence-electron chi connectivity index (χ1n) is 9.01. The molecule has 1 heterocycles. The number of nitrogens with one attached hydrogen (secondary N) is 1. The van der Waals surface area contributed by atoms with E-state index in [1.807, 2.05) is 43.5 Å². The van der Waals surface area contributed by atoms with Crippen molar-refractivity contribution in [1.29, 1.82) is 0 Å². The Balaban J connectivity index is 1.69. The maximum Gasteiger partial charge on any atom is 0.265 e. The number of anilines is 1. The lowest BCUT2D eigenvalue weighted by atomic mass is 10.1. The average Bonchev–Trinajstić information content (AvgIpc) is 3.09. The van der Waals surface area contributed by atoms with E-state index >= 15 is 0 Å². The fourth-order valence-electron chi connectivity index (χ4n) is 3.07. The van der Waals surface area contributed by atoms with E-state index in [2.05, 4.69) is 38.2 Å². The van der Waals surface area contributed by atoms with E-state index in [0.29, 0.717) is 11.5 Å². The highest BCUT2D eigenvalue weighted by Crippen LogP contribution is 2.26. The molecule has 1 aromatic heterocycles. The SMILES string of the molecule is Cc1cc(C)c(C)c(OCc2csc(C(=O)Nc3c(C)cccc3C)c2)c1. The van der Waals surface area contributed by atoms with Gasteiger partial charge in [0.05, 0.1) is 4.88 Å². The fourth-order valence-corrected chi connectivity index (χ4v) is 3.86. The Hall–Kier alpha value is -2.59. The van der Waals surface area contributed by atoms with Crippen LogP contribution in [0.4, 0.5) is 5.69 Å². The summed E-state index contributed by atoms with van der Waals surface area (Å²) in [5, 5.41) is 5.02. The van der Waals surface area contributed by atoms with Crippen molar-refractivity contribution in [2.45, 2.75) is 41.2 Å². The van der Waals surface area contributed by atoms with Gasteiger partial charge in [-0.3, -0.25) is 4.79 Å². The first kappa shape index (κ1) is 19.2. The van der Waals surface area contributed by atoms with Gasteiger partial charge in [0.1, 0.15) is 12.4 Å². The lowest BCUT2D eigenvalue weighted by Crippen LogP contribution is -2.12. The summed E-state index contributed by atoms with van der Waals surface area (Å²) in [7, 11) is 0. The van der Waals surface area contributed by atoms with Crippen LogP contribution in [0.25, 0.3) is 0 Å². The molecule has 0 bridgehead atoms. The minimum Gasteiger partial charge on any atom is -0.489 e. The molecule has 0 saturated carbocycles. The van der Waals surface area contributed by atoms with Crippen molar-refractivity contribution in [2.24, 2.45) is 0 Å². The first-order chi connectivity index (χ1) is 12.8. The highest BCUT2D eigenvalue weighted by molar-refractivity contribution is 7.12. The smallest absolute Gasteiger partial charge is 0.265 e. The van der Waals surface area contributed by atoms with Crippen LogP contribution in [-0.4, -0.2) is 5.91 Å². The Morgan fingerprint density at radius 3 is 2.41 bits per heavy atom. The van der Waals surface area contributed by atoms with E-state index in [1.54, 1.807) is 0 Å². The Bertz CT molecular complexity index is 968. The molecule has 2 aromatic carbocycles. The zero-order chi connectivity index (χ0) is 19.6. The number of hydrogen-bond donors (Lipinski definition) is 1. The molecule has 0 aliphatic heterocycles. The predicted octanol–water partition coefficient (Wildman–Crippen LogP) is 6.12.